The van der Waals surface area contributed by atoms with Gasteiger partial charge in [0.05, 0.1) is 31.2 Å². The molecule has 3 rings (SSSR count). The van der Waals surface area contributed by atoms with Crippen molar-refractivity contribution in [2.45, 2.75) is 20.0 Å². The van der Waals surface area contributed by atoms with Crippen LogP contribution in [0.5, 0.6) is 0 Å². The van der Waals surface area contributed by atoms with Crippen LogP contribution in [-0.4, -0.2) is 29.0 Å². The molecule has 0 saturated heterocycles. The van der Waals surface area contributed by atoms with Crippen LogP contribution in [0.3, 0.4) is 0 Å². The van der Waals surface area contributed by atoms with Gasteiger partial charge in [-0.2, -0.15) is 5.10 Å². The second-order valence-corrected chi connectivity index (χ2v) is 5.60. The van der Waals surface area contributed by atoms with Crippen LogP contribution in [0.15, 0.2) is 28.7 Å². The molecule has 21 heavy (non-hydrogen) atoms. The van der Waals surface area contributed by atoms with E-state index in [4.69, 9.17) is 9.47 Å². The molecule has 0 N–H and O–H groups in total. The molecule has 5 nitrogen and oxygen atoms in total. The lowest BCUT2D eigenvalue weighted by Crippen LogP contribution is -2.14. The summed E-state index contributed by atoms with van der Waals surface area (Å²) in [5, 5.41) is 4.46. The molecule has 0 spiro atoms. The summed E-state index contributed by atoms with van der Waals surface area (Å²) in [4.78, 5) is 12.1. The van der Waals surface area contributed by atoms with Crippen molar-refractivity contribution < 1.29 is 14.3 Å². The third-order valence-corrected chi connectivity index (χ3v) is 3.84. The Labute approximate surface area is 131 Å². The highest BCUT2D eigenvalue weighted by atomic mass is 79.9. The fourth-order valence-corrected chi connectivity index (χ4v) is 2.81. The smallest absolute Gasteiger partial charge is 0.359 e. The number of aromatic nitrogens is 2. The summed E-state index contributed by atoms with van der Waals surface area (Å²) in [6, 6.07) is 7.78. The molecule has 1 aromatic heterocycles. The van der Waals surface area contributed by atoms with Gasteiger partial charge in [0.1, 0.15) is 0 Å². The number of benzene rings is 1. The number of esters is 1. The molecule has 1 aliphatic heterocycles. The molecule has 0 atom stereocenters. The molecule has 1 aromatic carbocycles. The second kappa shape index (κ2) is 5.99. The minimum atomic E-state index is -0.371. The highest BCUT2D eigenvalue weighted by molar-refractivity contribution is 9.10. The van der Waals surface area contributed by atoms with Crippen LogP contribution >= 0.6 is 15.9 Å². The summed E-state index contributed by atoms with van der Waals surface area (Å²) >= 11 is 3.45. The number of rotatable bonds is 3. The van der Waals surface area contributed by atoms with Crippen molar-refractivity contribution in [1.29, 1.82) is 0 Å². The van der Waals surface area contributed by atoms with Crippen molar-refractivity contribution >= 4 is 21.9 Å². The highest BCUT2D eigenvalue weighted by Gasteiger charge is 2.26. The van der Waals surface area contributed by atoms with Crippen molar-refractivity contribution in [3.05, 3.63) is 45.7 Å². The van der Waals surface area contributed by atoms with Crippen LogP contribution in [0.1, 0.15) is 28.7 Å². The first-order valence-corrected chi connectivity index (χ1v) is 7.61. The topological polar surface area (TPSA) is 53.3 Å². The molecule has 0 bridgehead atoms. The van der Waals surface area contributed by atoms with Crippen LogP contribution in [0.25, 0.3) is 5.69 Å². The van der Waals surface area contributed by atoms with Gasteiger partial charge >= 0.3 is 5.97 Å². The Kier molecular flexibility index (Phi) is 4.07. The Morgan fingerprint density at radius 3 is 3.14 bits per heavy atom. The molecule has 6 heteroatoms. The fourth-order valence-electron chi connectivity index (χ4n) is 2.42. The minimum Gasteiger partial charge on any atom is -0.461 e. The quantitative estimate of drug-likeness (QED) is 0.798. The molecule has 0 fully saturated rings. The standard InChI is InChI=1S/C15H15BrN2O3/c1-2-21-15(19)14-12-6-7-20-9-13(12)18(17-14)11-5-3-4-10(16)8-11/h3-5,8H,2,6-7,9H2,1H3. The van der Waals surface area contributed by atoms with E-state index < -0.39 is 0 Å². The first kappa shape index (κ1) is 14.3. The Bertz CT molecular complexity index is 682. The number of hydrogen-bond acceptors (Lipinski definition) is 4. The maximum Gasteiger partial charge on any atom is 0.359 e. The van der Waals surface area contributed by atoms with Crippen LogP contribution in [0.2, 0.25) is 0 Å². The van der Waals surface area contributed by atoms with Crippen molar-refractivity contribution in [2.24, 2.45) is 0 Å². The van der Waals surface area contributed by atoms with Crippen LogP contribution in [-0.2, 0) is 22.5 Å². The van der Waals surface area contributed by atoms with E-state index in [0.717, 1.165) is 21.4 Å². The third kappa shape index (κ3) is 2.73. The summed E-state index contributed by atoms with van der Waals surface area (Å²) in [6.45, 7) is 3.18. The van der Waals surface area contributed by atoms with Gasteiger partial charge < -0.3 is 9.47 Å². The zero-order chi connectivity index (χ0) is 14.8. The van der Waals surface area contributed by atoms with Gasteiger partial charge in [0.25, 0.3) is 0 Å². The molecule has 2 heterocycles. The molecule has 2 aromatic rings. The maximum atomic E-state index is 12.1. The summed E-state index contributed by atoms with van der Waals surface area (Å²) in [5.41, 5.74) is 3.14. The van der Waals surface area contributed by atoms with E-state index in [1.165, 1.54) is 0 Å². The zero-order valence-electron chi connectivity index (χ0n) is 11.6. The SMILES string of the molecule is CCOC(=O)c1nn(-c2cccc(Br)c2)c2c1CCOC2. The second-order valence-electron chi connectivity index (χ2n) is 4.69. The summed E-state index contributed by atoms with van der Waals surface area (Å²) < 4.78 is 13.3. The summed E-state index contributed by atoms with van der Waals surface area (Å²) in [7, 11) is 0. The summed E-state index contributed by atoms with van der Waals surface area (Å²) in [6.07, 6.45) is 0.678. The van der Waals surface area contributed by atoms with Gasteiger partial charge in [-0.1, -0.05) is 22.0 Å². The van der Waals surface area contributed by atoms with Crippen LogP contribution in [0.4, 0.5) is 0 Å². The number of ether oxygens (including phenoxy) is 2. The van der Waals surface area contributed by atoms with Gasteiger partial charge in [-0.05, 0) is 25.1 Å². The number of carbonyl (C=O) groups is 1. The lowest BCUT2D eigenvalue weighted by Gasteiger charge is -2.15. The fraction of sp³-hybridized carbons (Fsp3) is 0.333. The average Bonchev–Trinajstić information content (AvgIpc) is 2.87. The Morgan fingerprint density at radius 2 is 2.38 bits per heavy atom. The highest BCUT2D eigenvalue weighted by Crippen LogP contribution is 2.25. The van der Waals surface area contributed by atoms with E-state index in [1.807, 2.05) is 24.3 Å². The molecule has 0 amide bonds. The van der Waals surface area contributed by atoms with Crippen molar-refractivity contribution in [2.75, 3.05) is 13.2 Å². The van der Waals surface area contributed by atoms with Gasteiger partial charge in [-0.25, -0.2) is 9.48 Å². The summed E-state index contributed by atoms with van der Waals surface area (Å²) in [5.74, 6) is -0.371. The molecular weight excluding hydrogens is 336 g/mol. The van der Waals surface area contributed by atoms with E-state index in [0.29, 0.717) is 31.9 Å². The number of hydrogen-bond donors (Lipinski definition) is 0. The predicted octanol–water partition coefficient (Wildman–Crippen LogP) is 2.88. The van der Waals surface area contributed by atoms with Crippen LogP contribution < -0.4 is 0 Å². The monoisotopic (exact) mass is 350 g/mol. The van der Waals surface area contributed by atoms with Gasteiger partial charge in [0, 0.05) is 16.5 Å². The predicted molar refractivity (Wildman–Crippen MR) is 80.6 cm³/mol. The van der Waals surface area contributed by atoms with E-state index in [9.17, 15) is 4.79 Å². The molecule has 110 valence electrons. The molecule has 0 saturated carbocycles. The number of carbonyl (C=O) groups excluding carboxylic acids is 1. The van der Waals surface area contributed by atoms with Gasteiger partial charge in [-0.3, -0.25) is 0 Å². The van der Waals surface area contributed by atoms with Gasteiger partial charge in [0.2, 0.25) is 0 Å². The Hall–Kier alpha value is -1.66. The van der Waals surface area contributed by atoms with E-state index in [1.54, 1.807) is 11.6 Å². The molecule has 1 aliphatic rings. The first-order valence-electron chi connectivity index (χ1n) is 6.82. The molecule has 0 unspecified atom stereocenters. The lowest BCUT2D eigenvalue weighted by atomic mass is 10.1. The van der Waals surface area contributed by atoms with Crippen molar-refractivity contribution in [3.63, 3.8) is 0 Å². The van der Waals surface area contributed by atoms with E-state index in [-0.39, 0.29) is 5.97 Å². The normalized spacial score (nSPS) is 13.8. The maximum absolute atomic E-state index is 12.1. The lowest BCUT2D eigenvalue weighted by molar-refractivity contribution is 0.0515. The first-order chi connectivity index (χ1) is 10.2. The third-order valence-electron chi connectivity index (χ3n) is 3.35. The zero-order valence-corrected chi connectivity index (χ0v) is 13.2. The average molecular weight is 351 g/mol. The molecule has 0 aliphatic carbocycles. The largest absolute Gasteiger partial charge is 0.461 e. The van der Waals surface area contributed by atoms with Gasteiger partial charge in [-0.15, -0.1) is 0 Å². The number of halogens is 1. The van der Waals surface area contributed by atoms with E-state index >= 15 is 0 Å². The Morgan fingerprint density at radius 1 is 1.52 bits per heavy atom. The molecular formula is C15H15BrN2O3. The van der Waals surface area contributed by atoms with E-state index in [2.05, 4.69) is 21.0 Å². The van der Waals surface area contributed by atoms with Crippen LogP contribution in [0, 0.1) is 0 Å². The minimum absolute atomic E-state index is 0.341. The molecule has 0 radical (unpaired) electrons. The number of nitrogens with zero attached hydrogens (tertiary/aromatic N) is 2. The Balaban J connectivity index is 2.11. The van der Waals surface area contributed by atoms with Crippen molar-refractivity contribution in [1.82, 2.24) is 9.78 Å². The number of fused-ring (bicyclic) bond motifs is 1. The van der Waals surface area contributed by atoms with Crippen molar-refractivity contribution in [3.8, 4) is 5.69 Å². The van der Waals surface area contributed by atoms with Gasteiger partial charge in [0.15, 0.2) is 5.69 Å².